The summed E-state index contributed by atoms with van der Waals surface area (Å²) in [5.74, 6) is 0.500. The van der Waals surface area contributed by atoms with Crippen molar-refractivity contribution in [3.8, 4) is 5.75 Å². The van der Waals surface area contributed by atoms with Crippen LogP contribution in [-0.2, 0) is 18.3 Å². The standard InChI is InChI=1S/C16H20ClN3O2/c1-11-6-14(7-12(2)16(11)17)22-9-15(21)18-5-4-13-8-20(3)10-19-13/h6-8,10H,4-5,9H2,1-3H3,(H,18,21). The SMILES string of the molecule is Cc1cc(OCC(=O)NCCc2cn(C)cn2)cc(C)c1Cl. The molecule has 0 unspecified atom stereocenters. The van der Waals surface area contributed by atoms with Crippen LogP contribution in [0.2, 0.25) is 5.02 Å². The van der Waals surface area contributed by atoms with Crippen LogP contribution in [0.3, 0.4) is 0 Å². The number of carbonyl (C=O) groups is 1. The van der Waals surface area contributed by atoms with Gasteiger partial charge in [-0.05, 0) is 37.1 Å². The minimum atomic E-state index is -0.152. The molecule has 1 aromatic heterocycles. The molecule has 0 spiro atoms. The highest BCUT2D eigenvalue weighted by molar-refractivity contribution is 6.32. The molecule has 0 aliphatic rings. The highest BCUT2D eigenvalue weighted by Gasteiger charge is 2.06. The van der Waals surface area contributed by atoms with Crippen LogP contribution in [0.15, 0.2) is 24.7 Å². The number of benzene rings is 1. The highest BCUT2D eigenvalue weighted by atomic mass is 35.5. The predicted molar refractivity (Wildman–Crippen MR) is 86.3 cm³/mol. The lowest BCUT2D eigenvalue weighted by Gasteiger charge is -2.10. The maximum absolute atomic E-state index is 11.8. The van der Waals surface area contributed by atoms with Gasteiger partial charge in [0.05, 0.1) is 12.0 Å². The number of aryl methyl sites for hydroxylation is 3. The topological polar surface area (TPSA) is 56.1 Å². The maximum Gasteiger partial charge on any atom is 0.257 e. The van der Waals surface area contributed by atoms with Gasteiger partial charge < -0.3 is 14.6 Å². The molecular formula is C16H20ClN3O2. The van der Waals surface area contributed by atoms with Crippen molar-refractivity contribution in [3.63, 3.8) is 0 Å². The summed E-state index contributed by atoms with van der Waals surface area (Å²) in [7, 11) is 1.92. The Hall–Kier alpha value is -2.01. The van der Waals surface area contributed by atoms with Gasteiger partial charge in [0.15, 0.2) is 6.61 Å². The van der Waals surface area contributed by atoms with Crippen LogP contribution in [0.25, 0.3) is 0 Å². The number of nitrogens with one attached hydrogen (secondary N) is 1. The normalized spacial score (nSPS) is 10.5. The lowest BCUT2D eigenvalue weighted by atomic mass is 10.1. The van der Waals surface area contributed by atoms with Gasteiger partial charge >= 0.3 is 0 Å². The Labute approximate surface area is 135 Å². The first-order valence-electron chi connectivity index (χ1n) is 7.09. The van der Waals surface area contributed by atoms with E-state index >= 15 is 0 Å². The van der Waals surface area contributed by atoms with Crippen molar-refractivity contribution >= 4 is 17.5 Å². The van der Waals surface area contributed by atoms with Crippen LogP contribution in [0, 0.1) is 13.8 Å². The third-order valence-electron chi connectivity index (χ3n) is 3.24. The molecule has 0 saturated carbocycles. The summed E-state index contributed by atoms with van der Waals surface area (Å²) >= 11 is 6.10. The van der Waals surface area contributed by atoms with Gasteiger partial charge in [-0.1, -0.05) is 11.6 Å². The zero-order valence-electron chi connectivity index (χ0n) is 13.0. The lowest BCUT2D eigenvalue weighted by molar-refractivity contribution is -0.123. The van der Waals surface area contributed by atoms with E-state index in [0.717, 1.165) is 21.8 Å². The fourth-order valence-electron chi connectivity index (χ4n) is 2.12. The monoisotopic (exact) mass is 321 g/mol. The summed E-state index contributed by atoms with van der Waals surface area (Å²) in [4.78, 5) is 16.0. The van der Waals surface area contributed by atoms with Gasteiger partial charge in [-0.25, -0.2) is 4.98 Å². The number of rotatable bonds is 6. The minimum absolute atomic E-state index is 0.0112. The largest absolute Gasteiger partial charge is 0.484 e. The number of nitrogens with zero attached hydrogens (tertiary/aromatic N) is 2. The van der Waals surface area contributed by atoms with Crippen molar-refractivity contribution in [2.24, 2.45) is 7.05 Å². The second-order valence-corrected chi connectivity index (χ2v) is 5.67. The Morgan fingerprint density at radius 2 is 2.05 bits per heavy atom. The van der Waals surface area contributed by atoms with Crippen LogP contribution in [-0.4, -0.2) is 28.6 Å². The summed E-state index contributed by atoms with van der Waals surface area (Å²) < 4.78 is 7.38. The molecule has 1 amide bonds. The van der Waals surface area contributed by atoms with E-state index in [1.807, 2.05) is 43.8 Å². The number of imidazole rings is 1. The quantitative estimate of drug-likeness (QED) is 0.889. The van der Waals surface area contributed by atoms with Crippen molar-refractivity contribution in [1.82, 2.24) is 14.9 Å². The van der Waals surface area contributed by atoms with Gasteiger partial charge in [0.1, 0.15) is 5.75 Å². The molecule has 0 atom stereocenters. The number of halogens is 1. The fraction of sp³-hybridized carbons (Fsp3) is 0.375. The lowest BCUT2D eigenvalue weighted by Crippen LogP contribution is -2.30. The molecule has 0 aliphatic heterocycles. The van der Waals surface area contributed by atoms with Gasteiger partial charge in [0, 0.05) is 31.2 Å². The van der Waals surface area contributed by atoms with E-state index in [1.165, 1.54) is 0 Å². The maximum atomic E-state index is 11.8. The third kappa shape index (κ3) is 4.49. The second kappa shape index (κ2) is 7.31. The van der Waals surface area contributed by atoms with Gasteiger partial charge in [-0.3, -0.25) is 4.79 Å². The Balaban J connectivity index is 1.76. The molecule has 0 bridgehead atoms. The molecule has 1 heterocycles. The first-order chi connectivity index (χ1) is 10.5. The molecular weight excluding hydrogens is 302 g/mol. The molecule has 1 N–H and O–H groups in total. The number of hydrogen-bond acceptors (Lipinski definition) is 3. The molecule has 2 rings (SSSR count). The molecule has 0 fully saturated rings. The van der Waals surface area contributed by atoms with E-state index in [9.17, 15) is 4.79 Å². The smallest absolute Gasteiger partial charge is 0.257 e. The average molecular weight is 322 g/mol. The molecule has 0 saturated heterocycles. The van der Waals surface area contributed by atoms with E-state index in [1.54, 1.807) is 6.33 Å². The molecule has 6 heteroatoms. The summed E-state index contributed by atoms with van der Waals surface area (Å²) in [5, 5.41) is 3.54. The molecule has 5 nitrogen and oxygen atoms in total. The van der Waals surface area contributed by atoms with Crippen molar-refractivity contribution in [1.29, 1.82) is 0 Å². The van der Waals surface area contributed by atoms with Crippen LogP contribution in [0.4, 0.5) is 0 Å². The zero-order valence-corrected chi connectivity index (χ0v) is 13.8. The van der Waals surface area contributed by atoms with Crippen molar-refractivity contribution < 1.29 is 9.53 Å². The van der Waals surface area contributed by atoms with Gasteiger partial charge in [0.2, 0.25) is 0 Å². The Bertz CT molecular complexity index is 644. The zero-order chi connectivity index (χ0) is 16.1. The van der Waals surface area contributed by atoms with Crippen molar-refractivity contribution in [2.45, 2.75) is 20.3 Å². The van der Waals surface area contributed by atoms with E-state index in [4.69, 9.17) is 16.3 Å². The van der Waals surface area contributed by atoms with Crippen molar-refractivity contribution in [2.75, 3.05) is 13.2 Å². The Morgan fingerprint density at radius 3 is 2.64 bits per heavy atom. The molecule has 2 aromatic rings. The summed E-state index contributed by atoms with van der Waals surface area (Å²) in [5.41, 5.74) is 2.83. The van der Waals surface area contributed by atoms with E-state index in [0.29, 0.717) is 18.7 Å². The minimum Gasteiger partial charge on any atom is -0.484 e. The average Bonchev–Trinajstić information content (AvgIpc) is 2.88. The number of amides is 1. The fourth-order valence-corrected chi connectivity index (χ4v) is 2.22. The molecule has 0 radical (unpaired) electrons. The number of hydrogen-bond donors (Lipinski definition) is 1. The highest BCUT2D eigenvalue weighted by Crippen LogP contribution is 2.25. The Kier molecular flexibility index (Phi) is 5.44. The molecule has 22 heavy (non-hydrogen) atoms. The number of ether oxygens (including phenoxy) is 1. The first-order valence-corrected chi connectivity index (χ1v) is 7.46. The van der Waals surface area contributed by atoms with E-state index in [-0.39, 0.29) is 12.5 Å². The van der Waals surface area contributed by atoms with Gasteiger partial charge in [-0.15, -0.1) is 0 Å². The second-order valence-electron chi connectivity index (χ2n) is 5.29. The van der Waals surface area contributed by atoms with Crippen LogP contribution in [0.5, 0.6) is 5.75 Å². The molecule has 118 valence electrons. The molecule has 0 aliphatic carbocycles. The molecule has 1 aromatic carbocycles. The van der Waals surface area contributed by atoms with E-state index < -0.39 is 0 Å². The van der Waals surface area contributed by atoms with Crippen molar-refractivity contribution in [3.05, 3.63) is 46.5 Å². The summed E-state index contributed by atoms with van der Waals surface area (Å²) in [6.07, 6.45) is 4.37. The summed E-state index contributed by atoms with van der Waals surface area (Å²) in [6.45, 7) is 4.35. The van der Waals surface area contributed by atoms with Gasteiger partial charge in [-0.2, -0.15) is 0 Å². The first kappa shape index (κ1) is 16.4. The van der Waals surface area contributed by atoms with Crippen LogP contribution in [0.1, 0.15) is 16.8 Å². The predicted octanol–water partition coefficient (Wildman–Crippen LogP) is 2.43. The van der Waals surface area contributed by atoms with Crippen LogP contribution >= 0.6 is 11.6 Å². The Morgan fingerprint density at radius 1 is 1.36 bits per heavy atom. The van der Waals surface area contributed by atoms with Crippen LogP contribution < -0.4 is 10.1 Å². The number of aromatic nitrogens is 2. The van der Waals surface area contributed by atoms with Gasteiger partial charge in [0.25, 0.3) is 5.91 Å². The number of carbonyl (C=O) groups excluding carboxylic acids is 1. The van der Waals surface area contributed by atoms with E-state index in [2.05, 4.69) is 10.3 Å². The summed E-state index contributed by atoms with van der Waals surface area (Å²) in [6, 6.07) is 3.66. The third-order valence-corrected chi connectivity index (χ3v) is 3.84.